The fourth-order valence-corrected chi connectivity index (χ4v) is 5.65. The maximum absolute atomic E-state index is 13.8. The molecule has 1 fully saturated rings. The number of anilines is 1. The first-order valence-corrected chi connectivity index (χ1v) is 14.7. The van der Waals surface area contributed by atoms with Gasteiger partial charge >= 0.3 is 5.97 Å². The first-order valence-electron chi connectivity index (χ1n) is 13.9. The molecule has 0 aromatic heterocycles. The summed E-state index contributed by atoms with van der Waals surface area (Å²) in [4.78, 5) is 42.1. The van der Waals surface area contributed by atoms with Crippen LogP contribution >= 0.6 is 23.2 Å². The number of amides is 2. The summed E-state index contributed by atoms with van der Waals surface area (Å²) in [5.41, 5.74) is 0.873. The number of piperidine rings is 1. The van der Waals surface area contributed by atoms with Crippen LogP contribution in [0.2, 0.25) is 10.0 Å². The quantitative estimate of drug-likeness (QED) is 0.331. The minimum Gasteiger partial charge on any atom is -0.496 e. The van der Waals surface area contributed by atoms with Gasteiger partial charge in [-0.15, -0.1) is 0 Å². The van der Waals surface area contributed by atoms with E-state index >= 15 is 0 Å². The minimum absolute atomic E-state index is 0.0130. The second-order valence-electron chi connectivity index (χ2n) is 11.4. The monoisotopic (exact) mass is 606 g/mol. The highest BCUT2D eigenvalue weighted by molar-refractivity contribution is 6.37. The number of hydrogen-bond acceptors (Lipinski definition) is 6. The van der Waals surface area contributed by atoms with Gasteiger partial charge in [0.05, 0.1) is 30.3 Å². The van der Waals surface area contributed by atoms with Crippen molar-refractivity contribution in [2.45, 2.75) is 59.5 Å². The largest absolute Gasteiger partial charge is 0.496 e. The highest BCUT2D eigenvalue weighted by Gasteiger charge is 2.32. The molecule has 0 radical (unpaired) electrons. The van der Waals surface area contributed by atoms with E-state index in [1.54, 1.807) is 53.1 Å². The molecule has 0 bridgehead atoms. The van der Waals surface area contributed by atoms with E-state index < -0.39 is 6.10 Å². The Morgan fingerprint density at radius 1 is 1.07 bits per heavy atom. The third-order valence-corrected chi connectivity index (χ3v) is 7.52. The number of hydrogen-bond donors (Lipinski definition) is 1. The van der Waals surface area contributed by atoms with Crippen molar-refractivity contribution in [3.8, 4) is 5.75 Å². The molecule has 0 saturated carbocycles. The summed E-state index contributed by atoms with van der Waals surface area (Å²) in [5.74, 6) is -0.394. The van der Waals surface area contributed by atoms with Gasteiger partial charge in [0.2, 0.25) is 11.8 Å². The second kappa shape index (κ2) is 14.4. The number of rotatable bonds is 10. The van der Waals surface area contributed by atoms with Gasteiger partial charge in [0.1, 0.15) is 11.9 Å². The van der Waals surface area contributed by atoms with Gasteiger partial charge in [-0.25, -0.2) is 0 Å². The standard InChI is InChI=1S/C31H40Cl2N2O6/c1-6-41-30(39)20-13-15-34(16-14-20)26(36)11-12-27(37)35(19-31(2,3)4)28-23(17-21(32)18-24(28)33)29(38)22-9-7-8-10-25(22)40-5/h7-10,17-18,20,29,38H,6,11-16,19H2,1-5H3. The van der Waals surface area contributed by atoms with Crippen molar-refractivity contribution in [3.05, 3.63) is 57.6 Å². The molecular formula is C31H40Cl2N2O6. The molecule has 1 heterocycles. The van der Waals surface area contributed by atoms with E-state index in [-0.39, 0.29) is 53.5 Å². The topological polar surface area (TPSA) is 96.4 Å². The number of esters is 1. The molecule has 1 aliphatic heterocycles. The number of para-hydroxylation sites is 1. The van der Waals surface area contributed by atoms with Crippen molar-refractivity contribution < 1.29 is 29.0 Å². The van der Waals surface area contributed by atoms with Crippen LogP contribution in [0.4, 0.5) is 5.69 Å². The smallest absolute Gasteiger partial charge is 0.309 e. The number of methoxy groups -OCH3 is 1. The first kappa shape index (κ1) is 32.7. The lowest BCUT2D eigenvalue weighted by atomic mass is 9.93. The molecule has 1 unspecified atom stereocenters. The molecule has 41 heavy (non-hydrogen) atoms. The Kier molecular flexibility index (Phi) is 11.5. The lowest BCUT2D eigenvalue weighted by Crippen LogP contribution is -2.42. The average Bonchev–Trinajstić information content (AvgIpc) is 2.93. The average molecular weight is 608 g/mol. The van der Waals surface area contributed by atoms with Gasteiger partial charge in [0.25, 0.3) is 0 Å². The highest BCUT2D eigenvalue weighted by Crippen LogP contribution is 2.42. The van der Waals surface area contributed by atoms with Crippen LogP contribution in [-0.4, -0.2) is 61.1 Å². The maximum atomic E-state index is 13.8. The summed E-state index contributed by atoms with van der Waals surface area (Å²) in [6.07, 6.45) is -0.136. The molecule has 0 aliphatic carbocycles. The molecule has 1 aliphatic rings. The number of benzene rings is 2. The zero-order chi connectivity index (χ0) is 30.3. The van der Waals surface area contributed by atoms with Crippen LogP contribution in [0.15, 0.2) is 36.4 Å². The van der Waals surface area contributed by atoms with Crippen LogP contribution in [0.5, 0.6) is 5.75 Å². The molecule has 1 saturated heterocycles. The lowest BCUT2D eigenvalue weighted by Gasteiger charge is -2.34. The predicted molar refractivity (Wildman–Crippen MR) is 160 cm³/mol. The normalized spacial score (nSPS) is 14.9. The lowest BCUT2D eigenvalue weighted by molar-refractivity contribution is -0.151. The fourth-order valence-electron chi connectivity index (χ4n) is 5.04. The van der Waals surface area contributed by atoms with Crippen LogP contribution < -0.4 is 9.64 Å². The summed E-state index contributed by atoms with van der Waals surface area (Å²) < 4.78 is 10.6. The molecule has 2 aromatic carbocycles. The number of aliphatic hydroxyl groups is 1. The Morgan fingerprint density at radius 3 is 2.34 bits per heavy atom. The molecular weight excluding hydrogens is 567 g/mol. The molecule has 1 N–H and O–H groups in total. The van der Waals surface area contributed by atoms with E-state index in [1.165, 1.54) is 7.11 Å². The van der Waals surface area contributed by atoms with Gasteiger partial charge in [-0.1, -0.05) is 62.2 Å². The van der Waals surface area contributed by atoms with Crippen LogP contribution in [-0.2, 0) is 19.1 Å². The van der Waals surface area contributed by atoms with Crippen molar-refractivity contribution >= 4 is 46.7 Å². The highest BCUT2D eigenvalue weighted by atomic mass is 35.5. The van der Waals surface area contributed by atoms with Gasteiger partial charge in [0, 0.05) is 48.6 Å². The Labute approximate surface area is 252 Å². The molecule has 10 heteroatoms. The first-order chi connectivity index (χ1) is 19.4. The van der Waals surface area contributed by atoms with Crippen LogP contribution in [0.1, 0.15) is 70.6 Å². The van der Waals surface area contributed by atoms with E-state index in [0.29, 0.717) is 60.1 Å². The Bertz CT molecular complexity index is 1240. The molecule has 8 nitrogen and oxygen atoms in total. The van der Waals surface area contributed by atoms with Crippen LogP contribution in [0.25, 0.3) is 0 Å². The fraction of sp³-hybridized carbons (Fsp3) is 0.516. The SMILES string of the molecule is CCOC(=O)C1CCN(C(=O)CCC(=O)N(CC(C)(C)C)c2c(Cl)cc(Cl)cc2C(O)c2ccccc2OC)CC1. The van der Waals surface area contributed by atoms with Gasteiger partial charge < -0.3 is 24.4 Å². The van der Waals surface area contributed by atoms with Gasteiger partial charge in [-0.2, -0.15) is 0 Å². The zero-order valence-electron chi connectivity index (χ0n) is 24.4. The van der Waals surface area contributed by atoms with Crippen molar-refractivity contribution in [1.82, 2.24) is 4.90 Å². The Hall–Kier alpha value is -2.81. The number of nitrogens with zero attached hydrogens (tertiary/aromatic N) is 2. The summed E-state index contributed by atoms with van der Waals surface area (Å²) in [6, 6.07) is 10.2. The van der Waals surface area contributed by atoms with E-state index in [1.807, 2.05) is 20.8 Å². The van der Waals surface area contributed by atoms with Crippen LogP contribution in [0.3, 0.4) is 0 Å². The summed E-state index contributed by atoms with van der Waals surface area (Å²) in [5, 5.41) is 12.0. The number of ether oxygens (including phenoxy) is 2. The molecule has 2 amide bonds. The summed E-state index contributed by atoms with van der Waals surface area (Å²) in [7, 11) is 1.52. The zero-order valence-corrected chi connectivity index (χ0v) is 25.9. The molecule has 1 atom stereocenters. The summed E-state index contributed by atoms with van der Waals surface area (Å²) in [6.45, 7) is 9.26. The maximum Gasteiger partial charge on any atom is 0.309 e. The molecule has 3 rings (SSSR count). The van der Waals surface area contributed by atoms with E-state index in [0.717, 1.165) is 0 Å². The number of likely N-dealkylation sites (tertiary alicyclic amines) is 1. The number of aliphatic hydroxyl groups excluding tert-OH is 1. The number of carbonyl (C=O) groups is 3. The van der Waals surface area contributed by atoms with E-state index in [9.17, 15) is 19.5 Å². The van der Waals surface area contributed by atoms with Crippen molar-refractivity contribution in [2.24, 2.45) is 11.3 Å². The van der Waals surface area contributed by atoms with Crippen molar-refractivity contribution in [2.75, 3.05) is 38.3 Å². The number of halogens is 2. The Balaban J connectivity index is 1.85. The van der Waals surface area contributed by atoms with E-state index in [4.69, 9.17) is 32.7 Å². The van der Waals surface area contributed by atoms with Gasteiger partial charge in [-0.3, -0.25) is 14.4 Å². The molecule has 2 aromatic rings. The molecule has 224 valence electrons. The van der Waals surface area contributed by atoms with E-state index in [2.05, 4.69) is 0 Å². The third-order valence-electron chi connectivity index (χ3n) is 7.01. The number of carbonyl (C=O) groups excluding carboxylic acids is 3. The van der Waals surface area contributed by atoms with Gasteiger partial charge in [0.15, 0.2) is 0 Å². The predicted octanol–water partition coefficient (Wildman–Crippen LogP) is 6.04. The van der Waals surface area contributed by atoms with Crippen LogP contribution in [0, 0.1) is 11.3 Å². The van der Waals surface area contributed by atoms with Crippen molar-refractivity contribution in [1.29, 1.82) is 0 Å². The third kappa shape index (κ3) is 8.60. The second-order valence-corrected chi connectivity index (χ2v) is 12.3. The molecule has 0 spiro atoms. The summed E-state index contributed by atoms with van der Waals surface area (Å²) >= 11 is 13.1. The van der Waals surface area contributed by atoms with Gasteiger partial charge in [-0.05, 0) is 43.4 Å². The Morgan fingerprint density at radius 2 is 1.73 bits per heavy atom. The van der Waals surface area contributed by atoms with Crippen molar-refractivity contribution in [3.63, 3.8) is 0 Å². The minimum atomic E-state index is -1.19.